The minimum absolute atomic E-state index is 0.124. The molecular weight excluding hydrogens is 324 g/mol. The van der Waals surface area contributed by atoms with E-state index in [9.17, 15) is 23.2 Å². The van der Waals surface area contributed by atoms with Gasteiger partial charge in [0, 0.05) is 0 Å². The van der Waals surface area contributed by atoms with Gasteiger partial charge in [-0.25, -0.2) is 18.4 Å². The van der Waals surface area contributed by atoms with Gasteiger partial charge in [-0.3, -0.25) is 4.79 Å². The van der Waals surface area contributed by atoms with E-state index in [4.69, 9.17) is 4.74 Å². The second-order valence-corrected chi connectivity index (χ2v) is 5.48. The Hall–Kier alpha value is -2.51. The Morgan fingerprint density at radius 3 is 2.38 bits per heavy atom. The molecule has 132 valence electrons. The molecule has 0 aliphatic heterocycles. The van der Waals surface area contributed by atoms with Crippen LogP contribution >= 0.6 is 0 Å². The predicted molar refractivity (Wildman–Crippen MR) is 80.0 cm³/mol. The highest BCUT2D eigenvalue weighted by molar-refractivity contribution is 5.92. The van der Waals surface area contributed by atoms with Crippen LogP contribution < -0.4 is 5.32 Å². The Labute approximate surface area is 138 Å². The van der Waals surface area contributed by atoms with Crippen LogP contribution in [0.15, 0.2) is 18.2 Å². The van der Waals surface area contributed by atoms with E-state index < -0.39 is 42.1 Å². The van der Waals surface area contributed by atoms with E-state index in [-0.39, 0.29) is 11.5 Å². The van der Waals surface area contributed by atoms with E-state index in [1.165, 1.54) is 7.11 Å². The Balaban J connectivity index is 2.58. The summed E-state index contributed by atoms with van der Waals surface area (Å²) in [6.07, 6.45) is 0.357. The van der Waals surface area contributed by atoms with Crippen molar-refractivity contribution in [2.24, 2.45) is 5.92 Å². The number of rotatable bonds is 7. The van der Waals surface area contributed by atoms with Crippen LogP contribution in [0.3, 0.4) is 0 Å². The first-order valence-corrected chi connectivity index (χ1v) is 7.24. The SMILES string of the molecule is COC(=O)[C@@H](CC(C)C)NC(=O)COC(=O)c1ccc(F)c(F)c1. The number of benzene rings is 1. The van der Waals surface area contributed by atoms with Gasteiger partial charge in [-0.05, 0) is 30.5 Å². The third-order valence-electron chi connectivity index (χ3n) is 3.02. The maximum Gasteiger partial charge on any atom is 0.338 e. The molecule has 6 nitrogen and oxygen atoms in total. The van der Waals surface area contributed by atoms with Crippen molar-refractivity contribution in [1.29, 1.82) is 0 Å². The fourth-order valence-corrected chi connectivity index (χ4v) is 1.90. The number of ether oxygens (including phenoxy) is 2. The van der Waals surface area contributed by atoms with Crippen LogP contribution in [0.1, 0.15) is 30.6 Å². The minimum Gasteiger partial charge on any atom is -0.467 e. The molecule has 0 saturated carbocycles. The summed E-state index contributed by atoms with van der Waals surface area (Å²) >= 11 is 0. The number of methoxy groups -OCH3 is 1. The fourth-order valence-electron chi connectivity index (χ4n) is 1.90. The Kier molecular flexibility index (Phi) is 7.29. The second kappa shape index (κ2) is 8.95. The molecule has 1 rings (SSSR count). The highest BCUT2D eigenvalue weighted by Crippen LogP contribution is 2.10. The zero-order valence-corrected chi connectivity index (χ0v) is 13.6. The maximum atomic E-state index is 13.0. The Morgan fingerprint density at radius 1 is 1.17 bits per heavy atom. The molecule has 1 aromatic rings. The quantitative estimate of drug-likeness (QED) is 0.764. The summed E-state index contributed by atoms with van der Waals surface area (Å²) in [5.41, 5.74) is -0.228. The number of esters is 2. The molecular formula is C16H19F2NO5. The third kappa shape index (κ3) is 5.94. The summed E-state index contributed by atoms with van der Waals surface area (Å²) in [7, 11) is 1.20. The van der Waals surface area contributed by atoms with Gasteiger partial charge in [-0.2, -0.15) is 0 Å². The lowest BCUT2D eigenvalue weighted by molar-refractivity contribution is -0.145. The van der Waals surface area contributed by atoms with E-state index in [0.29, 0.717) is 12.5 Å². The monoisotopic (exact) mass is 343 g/mol. The van der Waals surface area contributed by atoms with E-state index in [2.05, 4.69) is 10.1 Å². The van der Waals surface area contributed by atoms with Gasteiger partial charge in [0.1, 0.15) is 6.04 Å². The number of carbonyl (C=O) groups is 3. The zero-order chi connectivity index (χ0) is 18.3. The molecule has 0 bridgehead atoms. The topological polar surface area (TPSA) is 81.7 Å². The first-order valence-electron chi connectivity index (χ1n) is 7.24. The van der Waals surface area contributed by atoms with E-state index in [1.54, 1.807) is 0 Å². The number of halogens is 2. The minimum atomic E-state index is -1.20. The summed E-state index contributed by atoms with van der Waals surface area (Å²) in [4.78, 5) is 35.1. The van der Waals surface area contributed by atoms with Crippen LogP contribution in [0.25, 0.3) is 0 Å². The molecule has 0 aliphatic rings. The van der Waals surface area contributed by atoms with Crippen LogP contribution in [0, 0.1) is 17.6 Å². The highest BCUT2D eigenvalue weighted by Gasteiger charge is 2.23. The molecule has 1 atom stereocenters. The van der Waals surface area contributed by atoms with Crippen LogP contribution in [0.5, 0.6) is 0 Å². The van der Waals surface area contributed by atoms with Crippen LogP contribution in [0.2, 0.25) is 0 Å². The molecule has 0 aliphatic carbocycles. The van der Waals surface area contributed by atoms with Crippen molar-refractivity contribution >= 4 is 17.8 Å². The largest absolute Gasteiger partial charge is 0.467 e. The van der Waals surface area contributed by atoms with Crippen molar-refractivity contribution in [2.45, 2.75) is 26.3 Å². The van der Waals surface area contributed by atoms with Crippen molar-refractivity contribution in [2.75, 3.05) is 13.7 Å². The van der Waals surface area contributed by atoms with Gasteiger partial charge >= 0.3 is 11.9 Å². The molecule has 0 spiro atoms. The van der Waals surface area contributed by atoms with Gasteiger partial charge in [0.15, 0.2) is 18.2 Å². The molecule has 1 aromatic carbocycles. The maximum absolute atomic E-state index is 13.0. The van der Waals surface area contributed by atoms with Gasteiger partial charge in [0.25, 0.3) is 5.91 Å². The third-order valence-corrected chi connectivity index (χ3v) is 3.02. The lowest BCUT2D eigenvalue weighted by atomic mass is 10.0. The number of carbonyl (C=O) groups excluding carboxylic acids is 3. The fraction of sp³-hybridized carbons (Fsp3) is 0.438. The number of amides is 1. The summed E-state index contributed by atoms with van der Waals surface area (Å²) in [5.74, 6) is -4.47. The smallest absolute Gasteiger partial charge is 0.338 e. The number of nitrogens with one attached hydrogen (secondary N) is 1. The molecule has 24 heavy (non-hydrogen) atoms. The van der Waals surface area contributed by atoms with Crippen LogP contribution in [-0.2, 0) is 19.1 Å². The predicted octanol–water partition coefficient (Wildman–Crippen LogP) is 1.83. The molecule has 0 saturated heterocycles. The van der Waals surface area contributed by atoms with Crippen LogP contribution in [0.4, 0.5) is 8.78 Å². The Morgan fingerprint density at radius 2 is 1.83 bits per heavy atom. The average Bonchev–Trinajstić information content (AvgIpc) is 2.53. The van der Waals surface area contributed by atoms with Gasteiger partial charge < -0.3 is 14.8 Å². The molecule has 0 aromatic heterocycles. The summed E-state index contributed by atoms with van der Waals surface area (Å²) in [6, 6.07) is 1.63. The summed E-state index contributed by atoms with van der Waals surface area (Å²) < 4.78 is 35.2. The van der Waals surface area contributed by atoms with E-state index in [0.717, 1.165) is 12.1 Å². The summed E-state index contributed by atoms with van der Waals surface area (Å²) in [6.45, 7) is 3.07. The van der Waals surface area contributed by atoms with Crippen molar-refractivity contribution in [3.05, 3.63) is 35.4 Å². The standard InChI is InChI=1S/C16H19F2NO5/c1-9(2)6-13(16(22)23-3)19-14(20)8-24-15(21)10-4-5-11(17)12(18)7-10/h4-5,7,9,13H,6,8H2,1-3H3,(H,19,20)/t13-/m1/s1. The number of hydrogen-bond donors (Lipinski definition) is 1. The lowest BCUT2D eigenvalue weighted by Crippen LogP contribution is -2.44. The van der Waals surface area contributed by atoms with Gasteiger partial charge in [0.05, 0.1) is 12.7 Å². The lowest BCUT2D eigenvalue weighted by Gasteiger charge is -2.18. The molecule has 0 heterocycles. The average molecular weight is 343 g/mol. The molecule has 0 radical (unpaired) electrons. The van der Waals surface area contributed by atoms with E-state index >= 15 is 0 Å². The first-order chi connectivity index (χ1) is 11.2. The van der Waals surface area contributed by atoms with Crippen LogP contribution in [-0.4, -0.2) is 37.6 Å². The van der Waals surface area contributed by atoms with Crippen molar-refractivity contribution in [1.82, 2.24) is 5.32 Å². The van der Waals surface area contributed by atoms with Crippen molar-refractivity contribution < 1.29 is 32.6 Å². The molecule has 0 fully saturated rings. The molecule has 8 heteroatoms. The zero-order valence-electron chi connectivity index (χ0n) is 13.6. The van der Waals surface area contributed by atoms with Crippen molar-refractivity contribution in [3.8, 4) is 0 Å². The Bertz CT molecular complexity index is 618. The van der Waals surface area contributed by atoms with E-state index in [1.807, 2.05) is 13.8 Å². The highest BCUT2D eigenvalue weighted by atomic mass is 19.2. The molecule has 1 amide bonds. The number of hydrogen-bond acceptors (Lipinski definition) is 5. The van der Waals surface area contributed by atoms with Crippen molar-refractivity contribution in [3.63, 3.8) is 0 Å². The van der Waals surface area contributed by atoms with Gasteiger partial charge in [-0.15, -0.1) is 0 Å². The second-order valence-electron chi connectivity index (χ2n) is 5.48. The normalized spacial score (nSPS) is 11.8. The first kappa shape index (κ1) is 19.5. The van der Waals surface area contributed by atoms with Gasteiger partial charge in [0.2, 0.25) is 0 Å². The molecule has 1 N–H and O–H groups in total. The summed E-state index contributed by atoms with van der Waals surface area (Å²) in [5, 5.41) is 2.40. The molecule has 0 unspecified atom stereocenters. The van der Waals surface area contributed by atoms with Gasteiger partial charge in [-0.1, -0.05) is 13.8 Å².